The number of allylic oxidation sites excluding steroid dienone is 34. The SMILES string of the molecule is C=CCCC(CC1C2C=CC=CC2C2C=CC=CC21)C1C2C=CC=CC2C2C=CC=CC21.C=CCCC(CC1C2C=CC=CC2C2C=CC=CC21)C1C2C=CC=CC2C2C=CC=CC21.[CH3-].[CH3-].[CH3-].[CH3-].[Cl][Zr+2][Cl].[Cl][Zr+2][Cl]. The van der Waals surface area contributed by atoms with Crippen LogP contribution in [0, 0.1) is 160 Å². The summed E-state index contributed by atoms with van der Waals surface area (Å²) in [5, 5.41) is 0. The molecule has 0 N–H and O–H groups in total. The van der Waals surface area contributed by atoms with Crippen LogP contribution in [0.1, 0.15) is 38.5 Å². The topological polar surface area (TPSA) is 0 Å². The Kier molecular flexibility index (Phi) is 26.5. The minimum absolute atomic E-state index is 0. The Morgan fingerprint density at radius 1 is 0.297 bits per heavy atom. The second kappa shape index (κ2) is 31.1. The molecule has 0 aliphatic heterocycles. The van der Waals surface area contributed by atoms with E-state index in [0.717, 1.165) is 48.3 Å². The summed E-state index contributed by atoms with van der Waals surface area (Å²) < 4.78 is 0. The zero-order valence-electron chi connectivity index (χ0n) is 44.5. The first-order valence-electron chi connectivity index (χ1n) is 26.5. The van der Waals surface area contributed by atoms with Crippen LogP contribution in [0.3, 0.4) is 0 Å². The molecule has 0 nitrogen and oxygen atoms in total. The first-order valence-corrected chi connectivity index (χ1v) is 39.2. The van der Waals surface area contributed by atoms with Gasteiger partial charge in [-0.05, 0) is 169 Å². The van der Waals surface area contributed by atoms with Crippen LogP contribution >= 0.6 is 34.1 Å². The van der Waals surface area contributed by atoms with Crippen LogP contribution in [0.15, 0.2) is 220 Å². The minimum atomic E-state index is -0.826. The van der Waals surface area contributed by atoms with Crippen LogP contribution in [0.5, 0.6) is 0 Å². The Bertz CT molecular complexity index is 2010. The van der Waals surface area contributed by atoms with Gasteiger partial charge in [-0.1, -0.05) is 207 Å². The van der Waals surface area contributed by atoms with Crippen LogP contribution in [-0.2, 0) is 41.7 Å². The van der Waals surface area contributed by atoms with Crippen LogP contribution in [0.2, 0.25) is 0 Å². The molecule has 12 rings (SSSR count). The molecule has 4 fully saturated rings. The Morgan fingerprint density at radius 3 is 0.649 bits per heavy atom. The molecular formula is C68H84Cl4Zr2. The van der Waals surface area contributed by atoms with E-state index >= 15 is 0 Å². The molecular weight excluding hydrogens is 1140 g/mol. The van der Waals surface area contributed by atoms with Gasteiger partial charge in [-0.25, -0.2) is 0 Å². The summed E-state index contributed by atoms with van der Waals surface area (Å²) in [6.45, 7) is 8.19. The molecule has 0 amide bonds. The predicted molar refractivity (Wildman–Crippen MR) is 320 cm³/mol. The quantitative estimate of drug-likeness (QED) is 0.135. The molecule has 18 atom stereocenters. The monoisotopic (exact) mass is 1220 g/mol. The average Bonchev–Trinajstić information content (AvgIpc) is 4.13. The Morgan fingerprint density at radius 2 is 0.459 bits per heavy atom. The van der Waals surface area contributed by atoms with Crippen molar-refractivity contribution in [2.45, 2.75) is 38.5 Å². The van der Waals surface area contributed by atoms with Crippen molar-refractivity contribution < 1.29 is 41.7 Å². The third-order valence-corrected chi connectivity index (χ3v) is 19.0. The zero-order chi connectivity index (χ0) is 48.4. The van der Waals surface area contributed by atoms with E-state index in [1.54, 1.807) is 0 Å². The molecule has 6 heteroatoms. The Hall–Kier alpha value is -1.75. The molecule has 0 aromatic carbocycles. The summed E-state index contributed by atoms with van der Waals surface area (Å²) >= 11 is -1.65. The number of rotatable bonds is 12. The van der Waals surface area contributed by atoms with Gasteiger partial charge in [0.2, 0.25) is 0 Å². The van der Waals surface area contributed by atoms with Crippen LogP contribution in [-0.4, -0.2) is 0 Å². The van der Waals surface area contributed by atoms with Gasteiger partial charge >= 0.3 is 75.7 Å². The second-order valence-corrected chi connectivity index (χ2v) is 29.2. The van der Waals surface area contributed by atoms with Gasteiger partial charge in [0.15, 0.2) is 0 Å². The van der Waals surface area contributed by atoms with Crippen molar-refractivity contribution in [2.24, 2.45) is 130 Å². The third-order valence-electron chi connectivity index (χ3n) is 19.0. The van der Waals surface area contributed by atoms with E-state index in [0.29, 0.717) is 94.7 Å². The first kappa shape index (κ1) is 63.1. The molecule has 0 aromatic heterocycles. The number of fused-ring (bicyclic) bond motifs is 12. The maximum atomic E-state index is 4.93. The molecule has 0 spiro atoms. The molecule has 392 valence electrons. The number of halogens is 4. The average molecular weight is 1230 g/mol. The van der Waals surface area contributed by atoms with Crippen molar-refractivity contribution in [3.05, 3.63) is 249 Å². The molecule has 0 aromatic rings. The van der Waals surface area contributed by atoms with Crippen molar-refractivity contribution in [3.8, 4) is 0 Å². The van der Waals surface area contributed by atoms with Gasteiger partial charge in [-0.2, -0.15) is 0 Å². The van der Waals surface area contributed by atoms with Gasteiger partial charge < -0.3 is 29.7 Å². The second-order valence-electron chi connectivity index (χ2n) is 21.7. The standard InChI is InChI=1S/2C32H36.4CH3.4ClH.2Zr/c2*1-2-3-12-22(32-29-19-10-8-15-25(29)26-16-9-11-20-30(26)32)21-31-27-17-6-4-13-23(27)24-14-5-7-18-28(24)31;;;;;;;;;;/h2*2,4-11,13-20,22-32H,1,3,12,21H2;4*1H3;4*1H;;/q;;4*-1;;;;;2*+4/p-4. The third kappa shape index (κ3) is 13.5. The summed E-state index contributed by atoms with van der Waals surface area (Å²) in [7, 11) is 19.7. The van der Waals surface area contributed by atoms with Crippen molar-refractivity contribution in [1.82, 2.24) is 0 Å². The van der Waals surface area contributed by atoms with Crippen molar-refractivity contribution in [2.75, 3.05) is 0 Å². The van der Waals surface area contributed by atoms with Crippen molar-refractivity contribution in [1.29, 1.82) is 0 Å². The van der Waals surface area contributed by atoms with E-state index in [-0.39, 0.29) is 29.7 Å². The Balaban J connectivity index is 0.000000236. The van der Waals surface area contributed by atoms with Gasteiger partial charge in [0, 0.05) is 0 Å². The molecule has 0 bridgehead atoms. The molecule has 12 aliphatic rings. The Labute approximate surface area is 489 Å². The first-order chi connectivity index (χ1) is 34.6. The fraction of sp³-hybridized carbons (Fsp3) is 0.412. The van der Waals surface area contributed by atoms with Gasteiger partial charge in [0.05, 0.1) is 0 Å². The van der Waals surface area contributed by atoms with Crippen LogP contribution in [0.25, 0.3) is 0 Å². The van der Waals surface area contributed by atoms with E-state index in [9.17, 15) is 0 Å². The van der Waals surface area contributed by atoms with Crippen LogP contribution < -0.4 is 0 Å². The molecule has 0 saturated heterocycles. The van der Waals surface area contributed by atoms with Crippen molar-refractivity contribution >= 4 is 34.1 Å². The van der Waals surface area contributed by atoms with Crippen molar-refractivity contribution in [3.63, 3.8) is 0 Å². The summed E-state index contributed by atoms with van der Waals surface area (Å²) in [5.74, 6) is 15.2. The maximum absolute atomic E-state index is 4.93. The molecule has 18 unspecified atom stereocenters. The number of hydrogen-bond donors (Lipinski definition) is 0. The van der Waals surface area contributed by atoms with E-state index < -0.39 is 41.7 Å². The summed E-state index contributed by atoms with van der Waals surface area (Å²) in [6, 6.07) is 0. The summed E-state index contributed by atoms with van der Waals surface area (Å²) in [6.07, 6.45) is 88.9. The summed E-state index contributed by atoms with van der Waals surface area (Å²) in [4.78, 5) is 0. The van der Waals surface area contributed by atoms with Gasteiger partial charge in [0.1, 0.15) is 0 Å². The van der Waals surface area contributed by atoms with E-state index in [2.05, 4.69) is 220 Å². The number of hydrogen-bond acceptors (Lipinski definition) is 0. The fourth-order valence-corrected chi connectivity index (χ4v) is 16.7. The molecule has 0 radical (unpaired) electrons. The molecule has 74 heavy (non-hydrogen) atoms. The molecule has 4 saturated carbocycles. The van der Waals surface area contributed by atoms with Gasteiger partial charge in [-0.3, -0.25) is 0 Å². The summed E-state index contributed by atoms with van der Waals surface area (Å²) in [5.41, 5.74) is 0. The fourth-order valence-electron chi connectivity index (χ4n) is 16.7. The van der Waals surface area contributed by atoms with E-state index in [4.69, 9.17) is 34.1 Å². The van der Waals surface area contributed by atoms with E-state index in [1.807, 2.05) is 0 Å². The normalized spacial score (nSPS) is 39.1. The molecule has 0 heterocycles. The zero-order valence-corrected chi connectivity index (χ0v) is 52.4. The molecule has 12 aliphatic carbocycles. The van der Waals surface area contributed by atoms with Gasteiger partial charge in [-0.15, -0.1) is 13.2 Å². The van der Waals surface area contributed by atoms with Crippen LogP contribution in [0.4, 0.5) is 0 Å². The van der Waals surface area contributed by atoms with Gasteiger partial charge in [0.25, 0.3) is 0 Å². The predicted octanol–water partition coefficient (Wildman–Crippen LogP) is 19.9. The van der Waals surface area contributed by atoms with E-state index in [1.165, 1.54) is 25.7 Å².